The second-order valence-corrected chi connectivity index (χ2v) is 8.00. The molecule has 144 valence electrons. The number of hydrogen-bond acceptors (Lipinski definition) is 2. The molecule has 1 aliphatic rings. The van der Waals surface area contributed by atoms with Crippen molar-refractivity contribution in [3.63, 3.8) is 0 Å². The average molecular weight is 406 g/mol. The molecule has 0 aliphatic carbocycles. The topological polar surface area (TPSA) is 18.5 Å². The van der Waals surface area contributed by atoms with Gasteiger partial charge >= 0.3 is 0 Å². The van der Waals surface area contributed by atoms with Crippen molar-refractivity contribution in [1.29, 1.82) is 0 Å². The van der Waals surface area contributed by atoms with E-state index >= 15 is 0 Å². The van der Waals surface area contributed by atoms with Crippen LogP contribution in [-0.4, -0.2) is 41.1 Å². The zero-order valence-electron chi connectivity index (χ0n) is 15.7. The van der Waals surface area contributed by atoms with Gasteiger partial charge in [0.1, 0.15) is 5.82 Å². The Morgan fingerprint density at radius 1 is 1.11 bits per heavy atom. The van der Waals surface area contributed by atoms with Crippen molar-refractivity contribution >= 4 is 34.6 Å². The number of nitrogens with one attached hydrogen (secondary N) is 1. The summed E-state index contributed by atoms with van der Waals surface area (Å²) < 4.78 is 13.2. The molecule has 3 nitrogen and oxygen atoms in total. The van der Waals surface area contributed by atoms with E-state index in [9.17, 15) is 4.39 Å². The molecule has 3 rings (SSSR count). The van der Waals surface area contributed by atoms with E-state index in [4.69, 9.17) is 23.8 Å². The number of nitrogens with zero attached hydrogens (tertiary/aromatic N) is 2. The van der Waals surface area contributed by atoms with Crippen LogP contribution in [0.25, 0.3) is 0 Å². The highest BCUT2D eigenvalue weighted by Crippen LogP contribution is 2.20. The maximum atomic E-state index is 13.2. The Labute approximate surface area is 171 Å². The SMILES string of the molecule is CC(C)c1ccc(NC(=S)N2CCN(Cc3ccc(F)cc3Cl)CC2)cc1. The smallest absolute Gasteiger partial charge is 0.173 e. The van der Waals surface area contributed by atoms with Crippen LogP contribution in [0.2, 0.25) is 5.02 Å². The van der Waals surface area contributed by atoms with Crippen molar-refractivity contribution in [2.45, 2.75) is 26.3 Å². The Morgan fingerprint density at radius 2 is 1.78 bits per heavy atom. The fourth-order valence-electron chi connectivity index (χ4n) is 3.15. The molecule has 0 atom stereocenters. The first-order valence-electron chi connectivity index (χ1n) is 9.24. The Kier molecular flexibility index (Phi) is 6.68. The molecule has 1 aliphatic heterocycles. The van der Waals surface area contributed by atoms with Crippen LogP contribution in [0.1, 0.15) is 30.9 Å². The molecule has 0 saturated carbocycles. The molecule has 0 radical (unpaired) electrons. The molecule has 2 aromatic carbocycles. The molecule has 6 heteroatoms. The summed E-state index contributed by atoms with van der Waals surface area (Å²) in [6.07, 6.45) is 0. The lowest BCUT2D eigenvalue weighted by atomic mass is 10.0. The van der Waals surface area contributed by atoms with Gasteiger partial charge in [0.2, 0.25) is 0 Å². The number of rotatable bonds is 4. The van der Waals surface area contributed by atoms with Crippen LogP contribution in [0.4, 0.5) is 10.1 Å². The normalized spacial score (nSPS) is 15.2. The highest BCUT2D eigenvalue weighted by molar-refractivity contribution is 7.80. The van der Waals surface area contributed by atoms with Gasteiger partial charge in [0, 0.05) is 43.4 Å². The number of anilines is 1. The molecular formula is C21H25ClFN3S. The van der Waals surface area contributed by atoms with Gasteiger partial charge < -0.3 is 10.2 Å². The Bertz CT molecular complexity index is 787. The molecule has 1 heterocycles. The van der Waals surface area contributed by atoms with Crippen LogP contribution in [0.15, 0.2) is 42.5 Å². The van der Waals surface area contributed by atoms with Crippen molar-refractivity contribution in [1.82, 2.24) is 9.80 Å². The van der Waals surface area contributed by atoms with Crippen LogP contribution in [0, 0.1) is 5.82 Å². The van der Waals surface area contributed by atoms with Crippen LogP contribution in [-0.2, 0) is 6.54 Å². The zero-order chi connectivity index (χ0) is 19.4. The third-order valence-corrected chi connectivity index (χ3v) is 5.61. The quantitative estimate of drug-likeness (QED) is 0.711. The first-order chi connectivity index (χ1) is 12.9. The van der Waals surface area contributed by atoms with Crippen molar-refractivity contribution in [3.05, 3.63) is 64.4 Å². The molecule has 2 aromatic rings. The van der Waals surface area contributed by atoms with Crippen LogP contribution in [0.5, 0.6) is 0 Å². The molecule has 1 saturated heterocycles. The first-order valence-corrected chi connectivity index (χ1v) is 10.0. The molecule has 0 bridgehead atoms. The Balaban J connectivity index is 1.50. The number of thiocarbonyl (C=S) groups is 1. The third kappa shape index (κ3) is 5.41. The molecule has 1 N–H and O–H groups in total. The van der Waals surface area contributed by atoms with Crippen molar-refractivity contribution in [2.24, 2.45) is 0 Å². The third-order valence-electron chi connectivity index (χ3n) is 4.90. The van der Waals surface area contributed by atoms with Gasteiger partial charge in [0.05, 0.1) is 0 Å². The second kappa shape index (κ2) is 9.00. The van der Waals surface area contributed by atoms with E-state index < -0.39 is 0 Å². The van der Waals surface area contributed by atoms with E-state index in [0.29, 0.717) is 10.9 Å². The van der Waals surface area contributed by atoms with Crippen molar-refractivity contribution < 1.29 is 4.39 Å². The zero-order valence-corrected chi connectivity index (χ0v) is 17.3. The van der Waals surface area contributed by atoms with E-state index in [2.05, 4.69) is 53.2 Å². The number of benzene rings is 2. The van der Waals surface area contributed by atoms with Gasteiger partial charge in [0.15, 0.2) is 5.11 Å². The highest BCUT2D eigenvalue weighted by Gasteiger charge is 2.20. The van der Waals surface area contributed by atoms with Gasteiger partial charge in [-0.3, -0.25) is 4.90 Å². The van der Waals surface area contributed by atoms with Gasteiger partial charge in [0.25, 0.3) is 0 Å². The number of hydrogen-bond donors (Lipinski definition) is 1. The molecule has 27 heavy (non-hydrogen) atoms. The lowest BCUT2D eigenvalue weighted by Gasteiger charge is -2.36. The molecular weight excluding hydrogens is 381 g/mol. The molecule has 0 amide bonds. The fraction of sp³-hybridized carbons (Fsp3) is 0.381. The standard InChI is InChI=1S/C21H25ClFN3S/c1-15(2)16-4-7-19(8-5-16)24-21(27)26-11-9-25(10-12-26)14-17-3-6-18(23)13-20(17)22/h3-8,13,15H,9-12,14H2,1-2H3,(H,24,27). The molecule has 0 unspecified atom stereocenters. The molecule has 1 fully saturated rings. The fourth-order valence-corrected chi connectivity index (χ4v) is 3.68. The van der Waals surface area contributed by atoms with Crippen LogP contribution >= 0.6 is 23.8 Å². The second-order valence-electron chi connectivity index (χ2n) is 7.21. The first kappa shape index (κ1) is 20.1. The predicted molar refractivity (Wildman–Crippen MR) is 115 cm³/mol. The van der Waals surface area contributed by atoms with Crippen molar-refractivity contribution in [3.8, 4) is 0 Å². The largest absolute Gasteiger partial charge is 0.346 e. The summed E-state index contributed by atoms with van der Waals surface area (Å²) in [6, 6.07) is 13.0. The van der Waals surface area contributed by atoms with E-state index in [1.54, 1.807) is 6.07 Å². The van der Waals surface area contributed by atoms with E-state index in [-0.39, 0.29) is 5.82 Å². The van der Waals surface area contributed by atoms with Gasteiger partial charge in [-0.2, -0.15) is 0 Å². The summed E-state index contributed by atoms with van der Waals surface area (Å²) in [5.41, 5.74) is 3.29. The predicted octanol–water partition coefficient (Wildman–Crippen LogP) is 5.12. The number of halogens is 2. The van der Waals surface area contributed by atoms with Crippen LogP contribution < -0.4 is 5.32 Å². The summed E-state index contributed by atoms with van der Waals surface area (Å²) in [5, 5.41) is 4.58. The Morgan fingerprint density at radius 3 is 2.37 bits per heavy atom. The molecule has 0 aromatic heterocycles. The van der Waals surface area contributed by atoms with Gasteiger partial charge in [-0.15, -0.1) is 0 Å². The van der Waals surface area contributed by atoms with Gasteiger partial charge in [-0.05, 0) is 53.5 Å². The minimum Gasteiger partial charge on any atom is -0.346 e. The summed E-state index contributed by atoms with van der Waals surface area (Å²) in [5.74, 6) is 0.222. The summed E-state index contributed by atoms with van der Waals surface area (Å²) in [4.78, 5) is 4.50. The van der Waals surface area contributed by atoms with E-state index in [1.165, 1.54) is 17.7 Å². The maximum Gasteiger partial charge on any atom is 0.173 e. The highest BCUT2D eigenvalue weighted by atomic mass is 35.5. The summed E-state index contributed by atoms with van der Waals surface area (Å²) in [6.45, 7) is 8.59. The minimum atomic E-state index is -0.300. The van der Waals surface area contributed by atoms with Gasteiger partial charge in [-0.1, -0.05) is 43.6 Å². The monoisotopic (exact) mass is 405 g/mol. The van der Waals surface area contributed by atoms with Crippen LogP contribution in [0.3, 0.4) is 0 Å². The lowest BCUT2D eigenvalue weighted by molar-refractivity contribution is 0.177. The molecule has 0 spiro atoms. The Hall–Kier alpha value is -1.69. The summed E-state index contributed by atoms with van der Waals surface area (Å²) >= 11 is 11.7. The average Bonchev–Trinajstić information content (AvgIpc) is 2.65. The lowest BCUT2D eigenvalue weighted by Crippen LogP contribution is -2.49. The summed E-state index contributed by atoms with van der Waals surface area (Å²) in [7, 11) is 0. The van der Waals surface area contributed by atoms with Crippen molar-refractivity contribution in [2.75, 3.05) is 31.5 Å². The number of piperazine rings is 1. The minimum absolute atomic E-state index is 0.300. The maximum absolute atomic E-state index is 13.2. The van der Waals surface area contributed by atoms with E-state index in [1.807, 2.05) is 0 Å². The van der Waals surface area contributed by atoms with Gasteiger partial charge in [-0.25, -0.2) is 4.39 Å². The van der Waals surface area contributed by atoms with E-state index in [0.717, 1.165) is 49.1 Å².